The van der Waals surface area contributed by atoms with Crippen molar-refractivity contribution in [2.24, 2.45) is 7.05 Å². The van der Waals surface area contributed by atoms with Gasteiger partial charge in [0.25, 0.3) is 0 Å². The van der Waals surface area contributed by atoms with Gasteiger partial charge in [0, 0.05) is 44.5 Å². The fourth-order valence-electron chi connectivity index (χ4n) is 1.58. The highest BCUT2D eigenvalue weighted by molar-refractivity contribution is 5.03. The summed E-state index contributed by atoms with van der Waals surface area (Å²) in [6, 6.07) is 0.497. The third kappa shape index (κ3) is 4.01. The second-order valence-electron chi connectivity index (χ2n) is 4.16. The maximum atomic E-state index is 8.82. The van der Waals surface area contributed by atoms with Crippen LogP contribution in [-0.4, -0.2) is 39.0 Å². The predicted octanol–water partition coefficient (Wildman–Crippen LogP) is 1.01. The zero-order valence-corrected chi connectivity index (χ0v) is 9.85. The van der Waals surface area contributed by atoms with Crippen molar-refractivity contribution in [3.8, 4) is 0 Å². The first kappa shape index (κ1) is 12.2. The number of aromatic nitrogens is 2. The summed E-state index contributed by atoms with van der Waals surface area (Å²) in [4.78, 5) is 2.34. The van der Waals surface area contributed by atoms with Gasteiger partial charge in [-0.25, -0.2) is 0 Å². The lowest BCUT2D eigenvalue weighted by atomic mass is 10.2. The van der Waals surface area contributed by atoms with Crippen LogP contribution in [0.15, 0.2) is 12.4 Å². The number of nitrogens with zero attached hydrogens (tertiary/aromatic N) is 3. The molecule has 0 aliphatic rings. The molecule has 0 radical (unpaired) electrons. The SMILES string of the molecule is CC(C)N(CCCO)Cc1cnn(C)c1. The van der Waals surface area contributed by atoms with Gasteiger partial charge < -0.3 is 5.11 Å². The smallest absolute Gasteiger partial charge is 0.0534 e. The second-order valence-corrected chi connectivity index (χ2v) is 4.16. The first-order valence-corrected chi connectivity index (χ1v) is 5.46. The summed E-state index contributed by atoms with van der Waals surface area (Å²) in [5.41, 5.74) is 1.23. The zero-order valence-electron chi connectivity index (χ0n) is 9.85. The van der Waals surface area contributed by atoms with E-state index < -0.39 is 0 Å². The molecule has 15 heavy (non-hydrogen) atoms. The molecule has 0 saturated heterocycles. The topological polar surface area (TPSA) is 41.3 Å². The Bertz CT molecular complexity index is 283. The molecule has 86 valence electrons. The number of aliphatic hydroxyl groups is 1. The van der Waals surface area contributed by atoms with Crippen LogP contribution >= 0.6 is 0 Å². The van der Waals surface area contributed by atoms with Crippen molar-refractivity contribution in [3.05, 3.63) is 18.0 Å². The van der Waals surface area contributed by atoms with Crippen molar-refractivity contribution in [2.45, 2.75) is 32.9 Å². The molecule has 0 unspecified atom stereocenters. The van der Waals surface area contributed by atoms with E-state index in [2.05, 4.69) is 23.8 Å². The molecule has 1 aromatic heterocycles. The molecule has 4 nitrogen and oxygen atoms in total. The number of hydrogen-bond acceptors (Lipinski definition) is 3. The lowest BCUT2D eigenvalue weighted by Gasteiger charge is -2.25. The summed E-state index contributed by atoms with van der Waals surface area (Å²) in [5, 5.41) is 13.0. The lowest BCUT2D eigenvalue weighted by molar-refractivity contribution is 0.185. The van der Waals surface area contributed by atoms with Crippen molar-refractivity contribution in [3.63, 3.8) is 0 Å². The molecule has 1 rings (SSSR count). The summed E-state index contributed by atoms with van der Waals surface area (Å²) in [5.74, 6) is 0. The van der Waals surface area contributed by atoms with Crippen LogP contribution in [0, 0.1) is 0 Å². The maximum absolute atomic E-state index is 8.82. The fraction of sp³-hybridized carbons (Fsp3) is 0.727. The van der Waals surface area contributed by atoms with E-state index in [1.165, 1.54) is 5.56 Å². The summed E-state index contributed by atoms with van der Waals surface area (Å²) in [6.07, 6.45) is 4.76. The van der Waals surface area contributed by atoms with Crippen LogP contribution in [0.3, 0.4) is 0 Å². The average Bonchev–Trinajstić information content (AvgIpc) is 2.58. The Morgan fingerprint density at radius 1 is 1.53 bits per heavy atom. The van der Waals surface area contributed by atoms with E-state index in [0.29, 0.717) is 6.04 Å². The maximum Gasteiger partial charge on any atom is 0.0534 e. The van der Waals surface area contributed by atoms with Crippen LogP contribution in [0.2, 0.25) is 0 Å². The van der Waals surface area contributed by atoms with Gasteiger partial charge in [0.15, 0.2) is 0 Å². The molecule has 0 fully saturated rings. The largest absolute Gasteiger partial charge is 0.396 e. The average molecular weight is 211 g/mol. The van der Waals surface area contributed by atoms with Crippen LogP contribution in [0.1, 0.15) is 25.8 Å². The van der Waals surface area contributed by atoms with Crippen LogP contribution in [-0.2, 0) is 13.6 Å². The standard InChI is InChI=1S/C11H21N3O/c1-10(2)14(5-4-6-15)9-11-7-12-13(3)8-11/h7-8,10,15H,4-6,9H2,1-3H3. The van der Waals surface area contributed by atoms with Gasteiger partial charge in [-0.2, -0.15) is 5.10 Å². The van der Waals surface area contributed by atoms with Gasteiger partial charge in [-0.3, -0.25) is 9.58 Å². The summed E-state index contributed by atoms with van der Waals surface area (Å²) < 4.78 is 1.82. The van der Waals surface area contributed by atoms with E-state index in [9.17, 15) is 0 Å². The fourth-order valence-corrected chi connectivity index (χ4v) is 1.58. The third-order valence-electron chi connectivity index (χ3n) is 2.48. The van der Waals surface area contributed by atoms with Gasteiger partial charge in [0.05, 0.1) is 6.20 Å². The monoisotopic (exact) mass is 211 g/mol. The van der Waals surface area contributed by atoms with Gasteiger partial charge >= 0.3 is 0 Å². The summed E-state index contributed by atoms with van der Waals surface area (Å²) in [6.45, 7) is 6.45. The first-order valence-electron chi connectivity index (χ1n) is 5.46. The molecule has 1 aromatic rings. The highest BCUT2D eigenvalue weighted by Gasteiger charge is 2.10. The number of aryl methyl sites for hydroxylation is 1. The minimum atomic E-state index is 0.260. The Morgan fingerprint density at radius 3 is 2.73 bits per heavy atom. The van der Waals surface area contributed by atoms with Crippen molar-refractivity contribution >= 4 is 0 Å². The molecule has 0 spiro atoms. The quantitative estimate of drug-likeness (QED) is 0.763. The molecule has 0 atom stereocenters. The van der Waals surface area contributed by atoms with Crippen LogP contribution in [0.25, 0.3) is 0 Å². The molecule has 0 aliphatic heterocycles. The number of aliphatic hydroxyl groups excluding tert-OH is 1. The van der Waals surface area contributed by atoms with Crippen LogP contribution < -0.4 is 0 Å². The molecule has 0 bridgehead atoms. The first-order chi connectivity index (χ1) is 7.13. The Kier molecular flexibility index (Phi) is 4.78. The molecule has 0 aliphatic carbocycles. The Balaban J connectivity index is 2.50. The summed E-state index contributed by atoms with van der Waals surface area (Å²) in [7, 11) is 1.93. The van der Waals surface area contributed by atoms with Gasteiger partial charge in [-0.05, 0) is 20.3 Å². The zero-order chi connectivity index (χ0) is 11.3. The van der Waals surface area contributed by atoms with Crippen molar-refractivity contribution in [1.82, 2.24) is 14.7 Å². The molecule has 4 heteroatoms. The Morgan fingerprint density at radius 2 is 2.27 bits per heavy atom. The highest BCUT2D eigenvalue weighted by atomic mass is 16.3. The van der Waals surface area contributed by atoms with E-state index in [1.807, 2.05) is 24.1 Å². The van der Waals surface area contributed by atoms with Crippen LogP contribution in [0.4, 0.5) is 0 Å². The minimum absolute atomic E-state index is 0.260. The van der Waals surface area contributed by atoms with E-state index in [0.717, 1.165) is 19.5 Å². The predicted molar refractivity (Wildman–Crippen MR) is 60.5 cm³/mol. The van der Waals surface area contributed by atoms with Crippen LogP contribution in [0.5, 0.6) is 0 Å². The molecule has 0 amide bonds. The van der Waals surface area contributed by atoms with Crippen molar-refractivity contribution < 1.29 is 5.11 Å². The molecule has 0 saturated carbocycles. The molecule has 1 N–H and O–H groups in total. The Hall–Kier alpha value is -0.870. The van der Waals surface area contributed by atoms with Gasteiger partial charge in [-0.15, -0.1) is 0 Å². The lowest BCUT2D eigenvalue weighted by Crippen LogP contribution is -2.31. The van der Waals surface area contributed by atoms with E-state index in [-0.39, 0.29) is 6.61 Å². The molecule has 1 heterocycles. The second kappa shape index (κ2) is 5.88. The normalized spacial score (nSPS) is 11.6. The van der Waals surface area contributed by atoms with Gasteiger partial charge in [0.1, 0.15) is 0 Å². The van der Waals surface area contributed by atoms with Gasteiger partial charge in [-0.1, -0.05) is 0 Å². The highest BCUT2D eigenvalue weighted by Crippen LogP contribution is 2.07. The van der Waals surface area contributed by atoms with Crippen molar-refractivity contribution in [2.75, 3.05) is 13.2 Å². The number of hydrogen-bond donors (Lipinski definition) is 1. The van der Waals surface area contributed by atoms with E-state index >= 15 is 0 Å². The minimum Gasteiger partial charge on any atom is -0.396 e. The number of rotatable bonds is 6. The van der Waals surface area contributed by atoms with E-state index in [1.54, 1.807) is 0 Å². The van der Waals surface area contributed by atoms with Crippen molar-refractivity contribution in [1.29, 1.82) is 0 Å². The molecular weight excluding hydrogens is 190 g/mol. The molecule has 0 aromatic carbocycles. The van der Waals surface area contributed by atoms with E-state index in [4.69, 9.17) is 5.11 Å². The van der Waals surface area contributed by atoms with Gasteiger partial charge in [0.2, 0.25) is 0 Å². The Labute approximate surface area is 91.5 Å². The summed E-state index contributed by atoms with van der Waals surface area (Å²) >= 11 is 0. The third-order valence-corrected chi connectivity index (χ3v) is 2.48. The molecular formula is C11H21N3O.